The molecule has 0 bridgehead atoms. The molecule has 0 aliphatic carbocycles. The van der Waals surface area contributed by atoms with Crippen LogP contribution in [-0.4, -0.2) is 20.9 Å². The minimum Gasteiger partial charge on any atom is -0.478 e. The van der Waals surface area contributed by atoms with Gasteiger partial charge in [-0.05, 0) is 30.7 Å². The predicted molar refractivity (Wildman–Crippen MR) is 118 cm³/mol. The zero-order valence-electron chi connectivity index (χ0n) is 16.5. The number of hydrogen-bond donors (Lipinski definition) is 3. The van der Waals surface area contributed by atoms with Crippen molar-refractivity contribution < 1.29 is 9.90 Å². The number of carboxylic acids is 1. The van der Waals surface area contributed by atoms with Crippen molar-refractivity contribution in [1.29, 1.82) is 0 Å². The van der Waals surface area contributed by atoms with Crippen LogP contribution in [-0.2, 0) is 6.54 Å². The van der Waals surface area contributed by atoms with E-state index < -0.39 is 5.97 Å². The SMILES string of the molecule is Cc1ccc(Nc2cc(-c3ccccc3)nn2-c2ccccc2CN)c(C(=O)O)c1. The van der Waals surface area contributed by atoms with Crippen LogP contribution < -0.4 is 11.1 Å². The number of benzene rings is 3. The fourth-order valence-corrected chi connectivity index (χ4v) is 3.38. The average Bonchev–Trinajstić information content (AvgIpc) is 3.19. The Hall–Kier alpha value is -3.90. The van der Waals surface area contributed by atoms with Crippen molar-refractivity contribution in [3.05, 3.63) is 95.6 Å². The van der Waals surface area contributed by atoms with E-state index in [9.17, 15) is 9.90 Å². The first kappa shape index (κ1) is 19.4. The average molecular weight is 398 g/mol. The van der Waals surface area contributed by atoms with Crippen LogP contribution in [0.5, 0.6) is 0 Å². The Kier molecular flexibility index (Phi) is 5.32. The number of carboxylic acid groups (broad SMARTS) is 1. The number of aromatic carboxylic acids is 1. The highest BCUT2D eigenvalue weighted by atomic mass is 16.4. The van der Waals surface area contributed by atoms with Gasteiger partial charge in [-0.2, -0.15) is 5.10 Å². The fraction of sp³-hybridized carbons (Fsp3) is 0.0833. The van der Waals surface area contributed by atoms with Gasteiger partial charge in [0.2, 0.25) is 0 Å². The fourth-order valence-electron chi connectivity index (χ4n) is 3.38. The maximum atomic E-state index is 11.8. The summed E-state index contributed by atoms with van der Waals surface area (Å²) in [5.41, 5.74) is 11.0. The number of aromatic nitrogens is 2. The molecule has 0 atom stereocenters. The molecule has 3 aromatic carbocycles. The third kappa shape index (κ3) is 3.81. The van der Waals surface area contributed by atoms with Gasteiger partial charge in [0.1, 0.15) is 5.82 Å². The summed E-state index contributed by atoms with van der Waals surface area (Å²) in [5, 5.41) is 17.7. The van der Waals surface area contributed by atoms with E-state index in [1.165, 1.54) is 0 Å². The molecule has 4 N–H and O–H groups in total. The molecule has 0 aliphatic rings. The van der Waals surface area contributed by atoms with Crippen molar-refractivity contribution in [3.8, 4) is 16.9 Å². The molecule has 6 nitrogen and oxygen atoms in total. The first-order chi connectivity index (χ1) is 14.6. The van der Waals surface area contributed by atoms with Gasteiger partial charge in [-0.3, -0.25) is 0 Å². The normalized spacial score (nSPS) is 10.7. The molecule has 0 fully saturated rings. The summed E-state index contributed by atoms with van der Waals surface area (Å²) in [6.45, 7) is 2.23. The summed E-state index contributed by atoms with van der Waals surface area (Å²) in [5.74, 6) is -0.334. The molecule has 0 unspecified atom stereocenters. The number of carbonyl (C=O) groups is 1. The summed E-state index contributed by atoms with van der Waals surface area (Å²) in [6.07, 6.45) is 0. The van der Waals surface area contributed by atoms with Crippen molar-refractivity contribution >= 4 is 17.5 Å². The number of aryl methyl sites for hydroxylation is 1. The van der Waals surface area contributed by atoms with E-state index in [2.05, 4.69) is 5.32 Å². The lowest BCUT2D eigenvalue weighted by Crippen LogP contribution is -2.09. The van der Waals surface area contributed by atoms with Gasteiger partial charge in [0.25, 0.3) is 0 Å². The first-order valence-corrected chi connectivity index (χ1v) is 9.61. The van der Waals surface area contributed by atoms with E-state index in [1.807, 2.05) is 73.7 Å². The Morgan fingerprint density at radius 3 is 2.50 bits per heavy atom. The van der Waals surface area contributed by atoms with E-state index in [0.717, 1.165) is 28.1 Å². The predicted octanol–water partition coefficient (Wildman–Crippen LogP) is 4.75. The highest BCUT2D eigenvalue weighted by molar-refractivity contribution is 5.95. The minimum atomic E-state index is -0.988. The maximum absolute atomic E-state index is 11.8. The molecule has 150 valence electrons. The number of hydrogen-bond acceptors (Lipinski definition) is 4. The Labute approximate surface area is 174 Å². The first-order valence-electron chi connectivity index (χ1n) is 9.61. The van der Waals surface area contributed by atoms with Gasteiger partial charge >= 0.3 is 5.97 Å². The third-order valence-electron chi connectivity index (χ3n) is 4.89. The second-order valence-electron chi connectivity index (χ2n) is 7.00. The van der Waals surface area contributed by atoms with Gasteiger partial charge in [0.15, 0.2) is 0 Å². The van der Waals surface area contributed by atoms with Crippen molar-refractivity contribution in [2.45, 2.75) is 13.5 Å². The monoisotopic (exact) mass is 398 g/mol. The second-order valence-corrected chi connectivity index (χ2v) is 7.00. The number of rotatable bonds is 6. The molecule has 0 radical (unpaired) electrons. The number of para-hydroxylation sites is 1. The van der Waals surface area contributed by atoms with Crippen molar-refractivity contribution in [2.24, 2.45) is 5.73 Å². The van der Waals surface area contributed by atoms with Gasteiger partial charge in [-0.25, -0.2) is 9.48 Å². The van der Waals surface area contributed by atoms with Crippen LogP contribution in [0, 0.1) is 6.92 Å². The summed E-state index contributed by atoms with van der Waals surface area (Å²) in [4.78, 5) is 11.8. The highest BCUT2D eigenvalue weighted by Gasteiger charge is 2.17. The molecular weight excluding hydrogens is 376 g/mol. The Morgan fingerprint density at radius 1 is 1.03 bits per heavy atom. The molecule has 1 heterocycles. The van der Waals surface area contributed by atoms with E-state index in [4.69, 9.17) is 10.8 Å². The van der Waals surface area contributed by atoms with Crippen LogP contribution in [0.25, 0.3) is 16.9 Å². The van der Waals surface area contributed by atoms with Crippen LogP contribution >= 0.6 is 0 Å². The quantitative estimate of drug-likeness (QED) is 0.436. The van der Waals surface area contributed by atoms with E-state index in [0.29, 0.717) is 18.1 Å². The topological polar surface area (TPSA) is 93.2 Å². The number of nitrogens with zero attached hydrogens (tertiary/aromatic N) is 2. The number of nitrogens with two attached hydrogens (primary N) is 1. The van der Waals surface area contributed by atoms with Crippen molar-refractivity contribution in [2.75, 3.05) is 5.32 Å². The molecule has 0 amide bonds. The number of nitrogens with one attached hydrogen (secondary N) is 1. The summed E-state index contributed by atoms with van der Waals surface area (Å²) >= 11 is 0. The van der Waals surface area contributed by atoms with Gasteiger partial charge in [0, 0.05) is 18.2 Å². The lowest BCUT2D eigenvalue weighted by Gasteiger charge is -2.14. The lowest BCUT2D eigenvalue weighted by atomic mass is 10.1. The van der Waals surface area contributed by atoms with Gasteiger partial charge in [-0.15, -0.1) is 0 Å². The van der Waals surface area contributed by atoms with E-state index >= 15 is 0 Å². The summed E-state index contributed by atoms with van der Waals surface area (Å²) in [7, 11) is 0. The van der Waals surface area contributed by atoms with Crippen molar-refractivity contribution in [1.82, 2.24) is 9.78 Å². The molecule has 0 spiro atoms. The van der Waals surface area contributed by atoms with Gasteiger partial charge < -0.3 is 16.2 Å². The van der Waals surface area contributed by atoms with Crippen molar-refractivity contribution in [3.63, 3.8) is 0 Å². The largest absolute Gasteiger partial charge is 0.478 e. The van der Waals surface area contributed by atoms with Crippen LogP contribution in [0.1, 0.15) is 21.5 Å². The molecule has 1 aromatic heterocycles. The minimum absolute atomic E-state index is 0.205. The second kappa shape index (κ2) is 8.23. The van der Waals surface area contributed by atoms with Crippen LogP contribution in [0.15, 0.2) is 78.9 Å². The summed E-state index contributed by atoms with van der Waals surface area (Å²) in [6, 6.07) is 24.8. The zero-order chi connectivity index (χ0) is 21.1. The molecule has 4 rings (SSSR count). The highest BCUT2D eigenvalue weighted by Crippen LogP contribution is 2.30. The van der Waals surface area contributed by atoms with E-state index in [1.54, 1.807) is 16.8 Å². The van der Waals surface area contributed by atoms with Crippen LogP contribution in [0.2, 0.25) is 0 Å². The maximum Gasteiger partial charge on any atom is 0.337 e. The molecule has 4 aromatic rings. The molecular formula is C24H22N4O2. The van der Waals surface area contributed by atoms with Crippen LogP contribution in [0.4, 0.5) is 11.5 Å². The Morgan fingerprint density at radius 2 is 1.77 bits per heavy atom. The Bertz CT molecular complexity index is 1200. The Balaban J connectivity index is 1.87. The molecule has 6 heteroatoms. The van der Waals surface area contributed by atoms with E-state index in [-0.39, 0.29) is 5.56 Å². The smallest absolute Gasteiger partial charge is 0.337 e. The van der Waals surface area contributed by atoms with Crippen LogP contribution in [0.3, 0.4) is 0 Å². The lowest BCUT2D eigenvalue weighted by molar-refractivity contribution is 0.0698. The molecule has 0 saturated carbocycles. The zero-order valence-corrected chi connectivity index (χ0v) is 16.5. The molecule has 0 aliphatic heterocycles. The standard InChI is InChI=1S/C24H22N4O2/c1-16-11-12-20(19(13-16)24(29)30)26-23-14-21(17-7-3-2-4-8-17)27-28(23)22-10-6-5-9-18(22)15-25/h2-14,26H,15,25H2,1H3,(H,29,30). The molecule has 30 heavy (non-hydrogen) atoms. The van der Waals surface area contributed by atoms with Gasteiger partial charge in [0.05, 0.1) is 22.6 Å². The van der Waals surface area contributed by atoms with Gasteiger partial charge in [-0.1, -0.05) is 60.2 Å². The number of anilines is 2. The molecule has 0 saturated heterocycles. The third-order valence-corrected chi connectivity index (χ3v) is 4.89. The summed E-state index contributed by atoms with van der Waals surface area (Å²) < 4.78 is 1.77.